The third-order valence-electron chi connectivity index (χ3n) is 4.96. The van der Waals surface area contributed by atoms with Crippen LogP contribution in [0.2, 0.25) is 0 Å². The number of rotatable bonds is 7. The Kier molecular flexibility index (Phi) is 6.41. The summed E-state index contributed by atoms with van der Waals surface area (Å²) >= 11 is 0. The number of aryl methyl sites for hydroxylation is 1. The number of nitrogens with one attached hydrogen (secondary N) is 2. The molecule has 0 spiro atoms. The number of nitrogens with zero attached hydrogens (tertiary/aromatic N) is 2. The van der Waals surface area contributed by atoms with Gasteiger partial charge in [0.25, 0.3) is 5.91 Å². The van der Waals surface area contributed by atoms with Gasteiger partial charge in [-0.15, -0.1) is 0 Å². The smallest absolute Gasteiger partial charge is 0.251 e. The Labute approximate surface area is 187 Å². The summed E-state index contributed by atoms with van der Waals surface area (Å²) in [5, 5.41) is 6.20. The van der Waals surface area contributed by atoms with Crippen LogP contribution in [0, 0.1) is 6.92 Å². The van der Waals surface area contributed by atoms with Gasteiger partial charge in [-0.2, -0.15) is 0 Å². The van der Waals surface area contributed by atoms with E-state index in [0.717, 1.165) is 28.1 Å². The summed E-state index contributed by atoms with van der Waals surface area (Å²) in [6.07, 6.45) is 1.73. The monoisotopic (exact) mass is 424 g/mol. The number of amides is 1. The highest BCUT2D eigenvalue weighted by atomic mass is 16.5. The summed E-state index contributed by atoms with van der Waals surface area (Å²) < 4.78 is 5.15. The zero-order valence-corrected chi connectivity index (χ0v) is 18.0. The van der Waals surface area contributed by atoms with Crippen LogP contribution in [0.25, 0.3) is 11.4 Å². The first-order valence-corrected chi connectivity index (χ1v) is 10.3. The van der Waals surface area contributed by atoms with Crippen LogP contribution in [0.4, 0.5) is 11.5 Å². The zero-order valence-electron chi connectivity index (χ0n) is 18.0. The van der Waals surface area contributed by atoms with Crippen LogP contribution in [0.3, 0.4) is 0 Å². The Hall–Kier alpha value is -4.19. The normalized spacial score (nSPS) is 10.4. The van der Waals surface area contributed by atoms with E-state index >= 15 is 0 Å². The van der Waals surface area contributed by atoms with Gasteiger partial charge in [0.2, 0.25) is 0 Å². The molecular weight excluding hydrogens is 400 g/mol. The molecule has 3 aromatic carbocycles. The molecule has 4 aromatic rings. The van der Waals surface area contributed by atoms with Crippen LogP contribution >= 0.6 is 0 Å². The second kappa shape index (κ2) is 9.75. The Morgan fingerprint density at radius 3 is 2.47 bits per heavy atom. The molecule has 0 aliphatic rings. The van der Waals surface area contributed by atoms with Gasteiger partial charge >= 0.3 is 0 Å². The van der Waals surface area contributed by atoms with Crippen molar-refractivity contribution < 1.29 is 9.53 Å². The minimum absolute atomic E-state index is 0.129. The number of methoxy groups -OCH3 is 1. The van der Waals surface area contributed by atoms with Crippen LogP contribution in [0.15, 0.2) is 85.1 Å². The van der Waals surface area contributed by atoms with E-state index < -0.39 is 0 Å². The van der Waals surface area contributed by atoms with Gasteiger partial charge in [0, 0.05) is 29.6 Å². The first-order chi connectivity index (χ1) is 15.6. The van der Waals surface area contributed by atoms with E-state index in [9.17, 15) is 4.79 Å². The minimum Gasteiger partial charge on any atom is -0.497 e. The molecule has 0 saturated carbocycles. The fourth-order valence-corrected chi connectivity index (χ4v) is 3.23. The quantitative estimate of drug-likeness (QED) is 0.430. The summed E-state index contributed by atoms with van der Waals surface area (Å²) in [6.45, 7) is 2.49. The van der Waals surface area contributed by atoms with E-state index in [1.807, 2.05) is 67.6 Å². The van der Waals surface area contributed by atoms with Gasteiger partial charge in [0.1, 0.15) is 11.6 Å². The molecule has 6 nitrogen and oxygen atoms in total. The summed E-state index contributed by atoms with van der Waals surface area (Å²) in [5.41, 5.74) is 4.56. The molecule has 1 amide bonds. The number of benzene rings is 3. The summed E-state index contributed by atoms with van der Waals surface area (Å²) in [6, 6.07) is 24.8. The maximum absolute atomic E-state index is 12.5. The van der Waals surface area contributed by atoms with Crippen LogP contribution in [-0.2, 0) is 6.54 Å². The molecule has 0 unspecified atom stereocenters. The molecule has 160 valence electrons. The second-order valence-corrected chi connectivity index (χ2v) is 7.37. The topological polar surface area (TPSA) is 76.1 Å². The van der Waals surface area contributed by atoms with E-state index in [1.54, 1.807) is 25.4 Å². The van der Waals surface area contributed by atoms with Crippen molar-refractivity contribution in [3.8, 4) is 17.1 Å². The van der Waals surface area contributed by atoms with Gasteiger partial charge < -0.3 is 15.4 Å². The highest BCUT2D eigenvalue weighted by molar-refractivity contribution is 5.94. The van der Waals surface area contributed by atoms with Crippen molar-refractivity contribution in [1.29, 1.82) is 0 Å². The molecule has 0 radical (unpaired) electrons. The SMILES string of the molecule is COc1ccc(CNC(=O)c2ccc(Nc3ccnc(-c4cccc(C)c4)n3)cc2)cc1. The second-order valence-electron chi connectivity index (χ2n) is 7.37. The van der Waals surface area contributed by atoms with Crippen molar-refractivity contribution in [3.05, 3.63) is 102 Å². The lowest BCUT2D eigenvalue weighted by molar-refractivity contribution is 0.0951. The van der Waals surface area contributed by atoms with Crippen LogP contribution < -0.4 is 15.4 Å². The molecule has 0 fully saturated rings. The predicted molar refractivity (Wildman–Crippen MR) is 126 cm³/mol. The van der Waals surface area contributed by atoms with Gasteiger partial charge in [0.15, 0.2) is 5.82 Å². The molecule has 4 rings (SSSR count). The number of carbonyl (C=O) groups excluding carboxylic acids is 1. The highest BCUT2D eigenvalue weighted by Crippen LogP contribution is 2.20. The number of aromatic nitrogens is 2. The van der Waals surface area contributed by atoms with Crippen LogP contribution in [0.1, 0.15) is 21.5 Å². The average Bonchev–Trinajstić information content (AvgIpc) is 2.83. The van der Waals surface area contributed by atoms with E-state index in [-0.39, 0.29) is 5.91 Å². The standard InChI is InChI=1S/C26H24N4O2/c1-18-4-3-5-21(16-18)25-27-15-14-24(30-25)29-22-10-8-20(9-11-22)26(31)28-17-19-6-12-23(32-2)13-7-19/h3-16H,17H2,1-2H3,(H,28,31)(H,27,29,30). The number of hydrogen-bond donors (Lipinski definition) is 2. The molecule has 2 N–H and O–H groups in total. The van der Waals surface area contributed by atoms with E-state index in [4.69, 9.17) is 4.74 Å². The zero-order chi connectivity index (χ0) is 22.3. The molecule has 0 atom stereocenters. The molecule has 0 aliphatic heterocycles. The largest absolute Gasteiger partial charge is 0.497 e. The number of anilines is 2. The molecule has 0 saturated heterocycles. The fourth-order valence-electron chi connectivity index (χ4n) is 3.23. The molecule has 6 heteroatoms. The molecular formula is C26H24N4O2. The Balaban J connectivity index is 1.38. The summed E-state index contributed by atoms with van der Waals surface area (Å²) in [5.74, 6) is 2.01. The maximum atomic E-state index is 12.5. The fraction of sp³-hybridized carbons (Fsp3) is 0.115. The van der Waals surface area contributed by atoms with Crippen molar-refractivity contribution in [2.75, 3.05) is 12.4 Å². The van der Waals surface area contributed by atoms with Crippen molar-refractivity contribution in [3.63, 3.8) is 0 Å². The maximum Gasteiger partial charge on any atom is 0.251 e. The molecule has 1 heterocycles. The lowest BCUT2D eigenvalue weighted by Gasteiger charge is -2.09. The molecule has 0 aliphatic carbocycles. The van der Waals surface area contributed by atoms with Crippen LogP contribution in [0.5, 0.6) is 5.75 Å². The van der Waals surface area contributed by atoms with Gasteiger partial charge in [-0.3, -0.25) is 4.79 Å². The first kappa shape index (κ1) is 21.1. The molecule has 1 aromatic heterocycles. The van der Waals surface area contributed by atoms with Gasteiger partial charge in [0.05, 0.1) is 7.11 Å². The molecule has 0 bridgehead atoms. The lowest BCUT2D eigenvalue weighted by atomic mass is 10.1. The third-order valence-corrected chi connectivity index (χ3v) is 4.96. The minimum atomic E-state index is -0.129. The van der Waals surface area contributed by atoms with E-state index in [0.29, 0.717) is 23.8 Å². The first-order valence-electron chi connectivity index (χ1n) is 10.3. The van der Waals surface area contributed by atoms with E-state index in [1.165, 1.54) is 0 Å². The molecule has 32 heavy (non-hydrogen) atoms. The van der Waals surface area contributed by atoms with Gasteiger partial charge in [-0.25, -0.2) is 9.97 Å². The predicted octanol–water partition coefficient (Wildman–Crippen LogP) is 5.13. The van der Waals surface area contributed by atoms with Crippen molar-refractivity contribution in [2.45, 2.75) is 13.5 Å². The van der Waals surface area contributed by atoms with E-state index in [2.05, 4.69) is 26.7 Å². The van der Waals surface area contributed by atoms with Crippen LogP contribution in [-0.4, -0.2) is 23.0 Å². The third kappa shape index (κ3) is 5.29. The average molecular weight is 425 g/mol. The van der Waals surface area contributed by atoms with Gasteiger partial charge in [-0.05, 0) is 61.0 Å². The highest BCUT2D eigenvalue weighted by Gasteiger charge is 2.07. The Morgan fingerprint density at radius 1 is 0.969 bits per heavy atom. The number of hydrogen-bond acceptors (Lipinski definition) is 5. The van der Waals surface area contributed by atoms with Crippen molar-refractivity contribution in [2.24, 2.45) is 0 Å². The van der Waals surface area contributed by atoms with Gasteiger partial charge in [-0.1, -0.05) is 35.9 Å². The lowest BCUT2D eigenvalue weighted by Crippen LogP contribution is -2.22. The van der Waals surface area contributed by atoms with Crippen molar-refractivity contribution in [1.82, 2.24) is 15.3 Å². The van der Waals surface area contributed by atoms with Crippen molar-refractivity contribution >= 4 is 17.4 Å². The Morgan fingerprint density at radius 2 is 1.75 bits per heavy atom. The summed E-state index contributed by atoms with van der Waals surface area (Å²) in [4.78, 5) is 21.4. The number of carbonyl (C=O) groups is 1. The number of ether oxygens (including phenoxy) is 1. The Bertz CT molecular complexity index is 1210. The summed E-state index contributed by atoms with van der Waals surface area (Å²) in [7, 11) is 1.63.